The fourth-order valence-corrected chi connectivity index (χ4v) is 4.94. The van der Waals surface area contributed by atoms with Gasteiger partial charge >= 0.3 is 0 Å². The third kappa shape index (κ3) is 5.12. The highest BCUT2D eigenvalue weighted by Gasteiger charge is 2.32. The minimum atomic E-state index is -0.0608. The highest BCUT2D eigenvalue weighted by atomic mass is 35.5. The van der Waals surface area contributed by atoms with E-state index in [1.165, 1.54) is 0 Å². The van der Waals surface area contributed by atoms with E-state index in [2.05, 4.69) is 0 Å². The van der Waals surface area contributed by atoms with Gasteiger partial charge in [0.05, 0.1) is 5.75 Å². The number of nitrogens with zero attached hydrogens (tertiary/aromatic N) is 2. The summed E-state index contributed by atoms with van der Waals surface area (Å²) in [6, 6.07) is 25.1. The van der Waals surface area contributed by atoms with Crippen LogP contribution in [0.2, 0.25) is 5.02 Å². The molecule has 0 spiro atoms. The van der Waals surface area contributed by atoms with Crippen molar-refractivity contribution < 1.29 is 9.59 Å². The van der Waals surface area contributed by atoms with Gasteiger partial charge in [-0.3, -0.25) is 9.59 Å². The van der Waals surface area contributed by atoms with Crippen LogP contribution in [0.5, 0.6) is 0 Å². The van der Waals surface area contributed by atoms with Gasteiger partial charge in [0.2, 0.25) is 5.91 Å². The van der Waals surface area contributed by atoms with E-state index >= 15 is 0 Å². The Kier molecular flexibility index (Phi) is 6.64. The Morgan fingerprint density at radius 1 is 1.00 bits per heavy atom. The highest BCUT2D eigenvalue weighted by molar-refractivity contribution is 8.00. The predicted octanol–water partition coefficient (Wildman–Crippen LogP) is 5.39. The van der Waals surface area contributed by atoms with Gasteiger partial charge in [-0.25, -0.2) is 0 Å². The molecule has 0 saturated carbocycles. The molecule has 1 heterocycles. The Balaban J connectivity index is 1.45. The molecule has 3 aromatic carbocycles. The summed E-state index contributed by atoms with van der Waals surface area (Å²) in [6.07, 6.45) is 0. The minimum absolute atomic E-state index is 0.0245. The molecule has 6 heteroatoms. The third-order valence-electron chi connectivity index (χ3n) is 5.29. The van der Waals surface area contributed by atoms with Crippen molar-refractivity contribution in [2.45, 2.75) is 18.5 Å². The Hall–Kier alpha value is -2.76. The molecule has 0 bridgehead atoms. The van der Waals surface area contributed by atoms with E-state index in [1.807, 2.05) is 90.8 Å². The lowest BCUT2D eigenvalue weighted by molar-refractivity contribution is -0.128. The maximum absolute atomic E-state index is 12.8. The first-order valence-corrected chi connectivity index (χ1v) is 11.5. The molecule has 0 aliphatic carbocycles. The molecule has 0 radical (unpaired) electrons. The maximum Gasteiger partial charge on any atom is 0.253 e. The van der Waals surface area contributed by atoms with Crippen molar-refractivity contribution in [3.05, 3.63) is 106 Å². The zero-order valence-corrected chi connectivity index (χ0v) is 18.8. The highest BCUT2D eigenvalue weighted by Crippen LogP contribution is 2.39. The van der Waals surface area contributed by atoms with E-state index in [4.69, 9.17) is 11.6 Å². The second-order valence-electron chi connectivity index (χ2n) is 7.58. The smallest absolute Gasteiger partial charge is 0.253 e. The van der Waals surface area contributed by atoms with Crippen LogP contribution in [0.3, 0.4) is 0 Å². The van der Waals surface area contributed by atoms with E-state index in [-0.39, 0.29) is 17.2 Å². The summed E-state index contributed by atoms with van der Waals surface area (Å²) in [4.78, 5) is 28.9. The summed E-state index contributed by atoms with van der Waals surface area (Å²) in [7, 11) is 1.81. The van der Waals surface area contributed by atoms with Gasteiger partial charge in [-0.1, -0.05) is 66.2 Å². The first-order chi connectivity index (χ1) is 15.0. The van der Waals surface area contributed by atoms with Crippen LogP contribution in [0.1, 0.15) is 32.4 Å². The first-order valence-electron chi connectivity index (χ1n) is 10.1. The van der Waals surface area contributed by atoms with Crippen molar-refractivity contribution in [2.24, 2.45) is 0 Å². The lowest BCUT2D eigenvalue weighted by Crippen LogP contribution is -2.28. The quantitative estimate of drug-likeness (QED) is 0.505. The van der Waals surface area contributed by atoms with Gasteiger partial charge in [0.15, 0.2) is 0 Å². The lowest BCUT2D eigenvalue weighted by atomic mass is 10.1. The number of carbonyl (C=O) groups is 2. The predicted molar refractivity (Wildman–Crippen MR) is 126 cm³/mol. The number of hydrogen-bond acceptors (Lipinski definition) is 3. The summed E-state index contributed by atoms with van der Waals surface area (Å²) >= 11 is 7.59. The van der Waals surface area contributed by atoms with E-state index in [0.717, 1.165) is 16.7 Å². The second kappa shape index (κ2) is 9.58. The molecule has 2 amide bonds. The molecule has 1 aliphatic rings. The van der Waals surface area contributed by atoms with Crippen LogP contribution < -0.4 is 0 Å². The van der Waals surface area contributed by atoms with Crippen molar-refractivity contribution >= 4 is 35.2 Å². The van der Waals surface area contributed by atoms with Crippen LogP contribution in [-0.4, -0.2) is 34.4 Å². The molecule has 1 fully saturated rings. The maximum atomic E-state index is 12.8. The van der Waals surface area contributed by atoms with Gasteiger partial charge in [0, 0.05) is 30.7 Å². The molecule has 4 nitrogen and oxygen atoms in total. The fourth-order valence-electron chi connectivity index (χ4n) is 3.63. The van der Waals surface area contributed by atoms with Gasteiger partial charge in [-0.15, -0.1) is 11.8 Å². The molecule has 1 aliphatic heterocycles. The van der Waals surface area contributed by atoms with Crippen molar-refractivity contribution in [1.82, 2.24) is 9.80 Å². The van der Waals surface area contributed by atoms with E-state index in [9.17, 15) is 9.59 Å². The molecule has 4 rings (SSSR count). The van der Waals surface area contributed by atoms with Crippen LogP contribution in [0.15, 0.2) is 78.9 Å². The molecule has 3 aromatic rings. The number of amides is 2. The van der Waals surface area contributed by atoms with Crippen molar-refractivity contribution in [2.75, 3.05) is 12.8 Å². The Bertz CT molecular complexity index is 1060. The third-order valence-corrected chi connectivity index (χ3v) is 6.79. The van der Waals surface area contributed by atoms with Gasteiger partial charge in [-0.05, 0) is 41.0 Å². The van der Waals surface area contributed by atoms with Gasteiger partial charge < -0.3 is 9.80 Å². The van der Waals surface area contributed by atoms with Crippen LogP contribution >= 0.6 is 23.4 Å². The molecule has 31 heavy (non-hydrogen) atoms. The lowest BCUT2D eigenvalue weighted by Gasteiger charge is -2.25. The molecule has 1 atom stereocenters. The number of rotatable bonds is 6. The van der Waals surface area contributed by atoms with E-state index in [0.29, 0.717) is 29.4 Å². The first kappa shape index (κ1) is 21.5. The molecule has 0 N–H and O–H groups in total. The van der Waals surface area contributed by atoms with Crippen LogP contribution in [0.4, 0.5) is 0 Å². The largest absolute Gasteiger partial charge is 0.337 e. The summed E-state index contributed by atoms with van der Waals surface area (Å²) in [5.41, 5.74) is 3.79. The monoisotopic (exact) mass is 450 g/mol. The van der Waals surface area contributed by atoms with Crippen molar-refractivity contribution in [1.29, 1.82) is 0 Å². The van der Waals surface area contributed by atoms with Gasteiger partial charge in [0.1, 0.15) is 5.37 Å². The van der Waals surface area contributed by atoms with Crippen LogP contribution in [-0.2, 0) is 17.9 Å². The molecule has 1 saturated heterocycles. The topological polar surface area (TPSA) is 40.6 Å². The number of hydrogen-bond donors (Lipinski definition) is 0. The number of halogens is 1. The van der Waals surface area contributed by atoms with Gasteiger partial charge in [0.25, 0.3) is 5.91 Å². The fraction of sp³-hybridized carbons (Fsp3) is 0.200. The van der Waals surface area contributed by atoms with E-state index < -0.39 is 0 Å². The number of benzene rings is 3. The summed E-state index contributed by atoms with van der Waals surface area (Å²) in [6.45, 7) is 1.09. The zero-order chi connectivity index (χ0) is 21.8. The van der Waals surface area contributed by atoms with Crippen LogP contribution in [0, 0.1) is 0 Å². The van der Waals surface area contributed by atoms with Crippen LogP contribution in [0.25, 0.3) is 0 Å². The summed E-state index contributed by atoms with van der Waals surface area (Å²) < 4.78 is 0. The normalized spacial score (nSPS) is 15.9. The average molecular weight is 451 g/mol. The Morgan fingerprint density at radius 3 is 2.35 bits per heavy atom. The Labute approximate surface area is 191 Å². The molecular weight excluding hydrogens is 428 g/mol. The number of carbonyl (C=O) groups excluding carboxylic acids is 2. The van der Waals surface area contributed by atoms with Crippen molar-refractivity contribution in [3.63, 3.8) is 0 Å². The zero-order valence-electron chi connectivity index (χ0n) is 17.2. The number of thioether (sulfide) groups is 1. The molecule has 158 valence electrons. The average Bonchev–Trinajstić information content (AvgIpc) is 3.15. The molecule has 0 unspecified atom stereocenters. The second-order valence-corrected chi connectivity index (χ2v) is 9.09. The van der Waals surface area contributed by atoms with E-state index in [1.54, 1.807) is 16.7 Å². The SMILES string of the molecule is CN(Cc1ccccc1)C(=O)c1ccc([C@@H]2SCC(=O)N2Cc2ccc(Cl)cc2)cc1. The summed E-state index contributed by atoms with van der Waals surface area (Å²) in [5, 5.41) is 0.620. The van der Waals surface area contributed by atoms with Crippen molar-refractivity contribution in [3.8, 4) is 0 Å². The van der Waals surface area contributed by atoms with Gasteiger partial charge in [-0.2, -0.15) is 0 Å². The minimum Gasteiger partial charge on any atom is -0.337 e. The standard InChI is InChI=1S/C25H23ClN2O2S/c1-27(15-18-5-3-2-4-6-18)24(30)20-9-11-21(12-10-20)25-28(23(29)17-31-25)16-19-7-13-22(26)14-8-19/h2-14,25H,15-17H2,1H3/t25-/m0/s1. The Morgan fingerprint density at radius 2 is 1.68 bits per heavy atom. The summed E-state index contributed by atoms with van der Waals surface area (Å²) in [5.74, 6) is 0.551. The molecule has 0 aromatic heterocycles. The molecular formula is C25H23ClN2O2S.